The van der Waals surface area contributed by atoms with E-state index < -0.39 is 0 Å². The zero-order valence-electron chi connectivity index (χ0n) is 17.4. The molecular formula is C25H21NO5. The van der Waals surface area contributed by atoms with Crippen LogP contribution in [0.3, 0.4) is 0 Å². The predicted octanol–water partition coefficient (Wildman–Crippen LogP) is 5.24. The maximum absolute atomic E-state index is 12.9. The summed E-state index contributed by atoms with van der Waals surface area (Å²) in [4.78, 5) is 25.8. The molecule has 0 radical (unpaired) electrons. The lowest BCUT2D eigenvalue weighted by Gasteiger charge is -2.13. The average Bonchev–Trinajstić information content (AvgIpc) is 3.14. The van der Waals surface area contributed by atoms with Gasteiger partial charge in [0.05, 0.1) is 14.2 Å². The van der Waals surface area contributed by atoms with E-state index in [0.29, 0.717) is 33.9 Å². The van der Waals surface area contributed by atoms with Crippen molar-refractivity contribution in [3.05, 3.63) is 89.2 Å². The maximum atomic E-state index is 12.9. The van der Waals surface area contributed by atoms with Crippen LogP contribution in [0.25, 0.3) is 11.0 Å². The zero-order valence-corrected chi connectivity index (χ0v) is 17.4. The SMILES string of the molecule is COc1cccc(OC)c1C(=O)Nc1ccc2c(C)c(C(=O)c3ccccc3)oc2c1. The van der Waals surface area contributed by atoms with Gasteiger partial charge < -0.3 is 19.2 Å². The van der Waals surface area contributed by atoms with Gasteiger partial charge in [-0.3, -0.25) is 9.59 Å². The van der Waals surface area contributed by atoms with E-state index in [0.717, 1.165) is 10.9 Å². The molecule has 0 unspecified atom stereocenters. The predicted molar refractivity (Wildman–Crippen MR) is 118 cm³/mol. The highest BCUT2D eigenvalue weighted by Crippen LogP contribution is 2.32. The first kappa shape index (κ1) is 20.2. The first-order chi connectivity index (χ1) is 15.0. The van der Waals surface area contributed by atoms with Crippen LogP contribution in [0, 0.1) is 6.92 Å². The summed E-state index contributed by atoms with van der Waals surface area (Å²) in [6, 6.07) is 19.4. The number of furan rings is 1. The van der Waals surface area contributed by atoms with Gasteiger partial charge in [-0.25, -0.2) is 0 Å². The zero-order chi connectivity index (χ0) is 22.0. The molecule has 6 nitrogen and oxygen atoms in total. The highest BCUT2D eigenvalue weighted by molar-refractivity contribution is 6.11. The third-order valence-corrected chi connectivity index (χ3v) is 5.09. The molecule has 0 aliphatic rings. The Balaban J connectivity index is 1.67. The van der Waals surface area contributed by atoms with Gasteiger partial charge in [0, 0.05) is 28.3 Å². The van der Waals surface area contributed by atoms with E-state index in [1.165, 1.54) is 14.2 Å². The summed E-state index contributed by atoms with van der Waals surface area (Å²) in [6.07, 6.45) is 0. The Labute approximate surface area is 179 Å². The Bertz CT molecular complexity index is 1250. The molecule has 0 saturated carbocycles. The maximum Gasteiger partial charge on any atom is 0.263 e. The van der Waals surface area contributed by atoms with Gasteiger partial charge in [0.2, 0.25) is 5.78 Å². The summed E-state index contributed by atoms with van der Waals surface area (Å²) in [5, 5.41) is 3.66. The molecule has 0 atom stereocenters. The average molecular weight is 415 g/mol. The van der Waals surface area contributed by atoms with E-state index in [2.05, 4.69) is 5.32 Å². The summed E-state index contributed by atoms with van der Waals surface area (Å²) < 4.78 is 16.5. The van der Waals surface area contributed by atoms with Crippen LogP contribution in [0.4, 0.5) is 5.69 Å². The van der Waals surface area contributed by atoms with Crippen molar-refractivity contribution in [2.45, 2.75) is 6.92 Å². The van der Waals surface area contributed by atoms with Crippen molar-refractivity contribution in [2.75, 3.05) is 19.5 Å². The summed E-state index contributed by atoms with van der Waals surface area (Å²) in [7, 11) is 2.99. The van der Waals surface area contributed by atoms with Crippen LogP contribution < -0.4 is 14.8 Å². The van der Waals surface area contributed by atoms with Crippen LogP contribution in [-0.2, 0) is 0 Å². The van der Waals surface area contributed by atoms with Gasteiger partial charge in [0.25, 0.3) is 5.91 Å². The number of rotatable bonds is 6. The highest BCUT2D eigenvalue weighted by atomic mass is 16.5. The lowest BCUT2D eigenvalue weighted by atomic mass is 10.0. The summed E-state index contributed by atoms with van der Waals surface area (Å²) in [5.41, 5.74) is 2.65. The van der Waals surface area contributed by atoms with E-state index in [1.807, 2.05) is 31.2 Å². The van der Waals surface area contributed by atoms with Crippen molar-refractivity contribution in [3.8, 4) is 11.5 Å². The number of hydrogen-bond acceptors (Lipinski definition) is 5. The summed E-state index contributed by atoms with van der Waals surface area (Å²) >= 11 is 0. The Morgan fingerprint density at radius 2 is 1.55 bits per heavy atom. The van der Waals surface area contributed by atoms with E-state index in [-0.39, 0.29) is 17.5 Å². The molecule has 156 valence electrons. The number of aryl methyl sites for hydroxylation is 1. The molecule has 0 saturated heterocycles. The molecule has 1 heterocycles. The minimum Gasteiger partial charge on any atom is -0.496 e. The molecule has 0 spiro atoms. The number of methoxy groups -OCH3 is 2. The van der Waals surface area contributed by atoms with Crippen molar-refractivity contribution >= 4 is 28.3 Å². The van der Waals surface area contributed by atoms with Gasteiger partial charge in [-0.2, -0.15) is 0 Å². The number of carbonyl (C=O) groups is 2. The van der Waals surface area contributed by atoms with Gasteiger partial charge in [0.15, 0.2) is 5.76 Å². The van der Waals surface area contributed by atoms with Crippen LogP contribution in [0.5, 0.6) is 11.5 Å². The van der Waals surface area contributed by atoms with E-state index in [4.69, 9.17) is 13.9 Å². The molecule has 0 aliphatic heterocycles. The van der Waals surface area contributed by atoms with Crippen molar-refractivity contribution in [1.29, 1.82) is 0 Å². The van der Waals surface area contributed by atoms with Gasteiger partial charge in [-0.05, 0) is 31.2 Å². The molecule has 6 heteroatoms. The Morgan fingerprint density at radius 3 is 2.19 bits per heavy atom. The van der Waals surface area contributed by atoms with E-state index >= 15 is 0 Å². The normalized spacial score (nSPS) is 10.7. The molecule has 1 N–H and O–H groups in total. The van der Waals surface area contributed by atoms with Gasteiger partial charge >= 0.3 is 0 Å². The monoisotopic (exact) mass is 415 g/mol. The number of ketones is 1. The molecule has 0 aliphatic carbocycles. The van der Waals surface area contributed by atoms with E-state index in [9.17, 15) is 9.59 Å². The molecule has 4 aromatic rings. The lowest BCUT2D eigenvalue weighted by molar-refractivity contribution is 0.100. The van der Waals surface area contributed by atoms with Crippen molar-refractivity contribution < 1.29 is 23.5 Å². The molecule has 0 fully saturated rings. The van der Waals surface area contributed by atoms with Crippen molar-refractivity contribution in [3.63, 3.8) is 0 Å². The number of carbonyl (C=O) groups excluding carboxylic acids is 2. The number of ether oxygens (including phenoxy) is 2. The second-order valence-electron chi connectivity index (χ2n) is 6.95. The fourth-order valence-electron chi connectivity index (χ4n) is 3.51. The standard InChI is InChI=1S/C25H21NO5/c1-15-18-13-12-17(26-25(28)22-19(29-2)10-7-11-20(22)30-3)14-21(18)31-24(15)23(27)16-8-5-4-6-9-16/h4-14H,1-3H3,(H,26,28). The number of amides is 1. The van der Waals surface area contributed by atoms with Gasteiger partial charge in [0.1, 0.15) is 22.6 Å². The molecule has 31 heavy (non-hydrogen) atoms. The lowest BCUT2D eigenvalue weighted by Crippen LogP contribution is -2.14. The Kier molecular flexibility index (Phi) is 5.45. The first-order valence-electron chi connectivity index (χ1n) is 9.68. The number of nitrogens with one attached hydrogen (secondary N) is 1. The molecular weight excluding hydrogens is 394 g/mol. The van der Waals surface area contributed by atoms with Crippen LogP contribution in [-0.4, -0.2) is 25.9 Å². The number of benzene rings is 3. The topological polar surface area (TPSA) is 77.8 Å². The first-order valence-corrected chi connectivity index (χ1v) is 9.68. The quantitative estimate of drug-likeness (QED) is 0.436. The Morgan fingerprint density at radius 1 is 0.871 bits per heavy atom. The van der Waals surface area contributed by atoms with Crippen LogP contribution >= 0.6 is 0 Å². The van der Waals surface area contributed by atoms with E-state index in [1.54, 1.807) is 42.5 Å². The summed E-state index contributed by atoms with van der Waals surface area (Å²) in [6.45, 7) is 1.85. The second kappa shape index (κ2) is 8.36. The number of hydrogen-bond donors (Lipinski definition) is 1. The van der Waals surface area contributed by atoms with Gasteiger partial charge in [-0.1, -0.05) is 36.4 Å². The number of fused-ring (bicyclic) bond motifs is 1. The minimum absolute atomic E-state index is 0.182. The van der Waals surface area contributed by atoms with Crippen LogP contribution in [0.2, 0.25) is 0 Å². The molecule has 4 rings (SSSR count). The highest BCUT2D eigenvalue weighted by Gasteiger charge is 2.21. The fourth-order valence-corrected chi connectivity index (χ4v) is 3.51. The summed E-state index contributed by atoms with van der Waals surface area (Å²) in [5.74, 6) is 0.539. The number of anilines is 1. The van der Waals surface area contributed by atoms with Gasteiger partial charge in [-0.15, -0.1) is 0 Å². The second-order valence-corrected chi connectivity index (χ2v) is 6.95. The molecule has 0 bridgehead atoms. The smallest absolute Gasteiger partial charge is 0.263 e. The molecule has 1 aromatic heterocycles. The van der Waals surface area contributed by atoms with Crippen LogP contribution in [0.15, 0.2) is 71.1 Å². The Hall–Kier alpha value is -4.06. The minimum atomic E-state index is -0.377. The fraction of sp³-hybridized carbons (Fsp3) is 0.120. The molecule has 3 aromatic carbocycles. The van der Waals surface area contributed by atoms with Crippen molar-refractivity contribution in [2.24, 2.45) is 0 Å². The van der Waals surface area contributed by atoms with Crippen LogP contribution in [0.1, 0.15) is 32.0 Å². The molecule has 1 amide bonds. The largest absolute Gasteiger partial charge is 0.496 e. The van der Waals surface area contributed by atoms with Crippen molar-refractivity contribution in [1.82, 2.24) is 0 Å². The third kappa shape index (κ3) is 3.75. The third-order valence-electron chi connectivity index (χ3n) is 5.09.